The number of fused-ring (bicyclic) bond motifs is 1. The predicted molar refractivity (Wildman–Crippen MR) is 231 cm³/mol. The van der Waals surface area contributed by atoms with Crippen molar-refractivity contribution >= 4 is 37.3 Å². The maximum atomic E-state index is 12.9. The third-order valence-corrected chi connectivity index (χ3v) is 15.8. The number of pyridine rings is 1. The Labute approximate surface area is 351 Å². The first kappa shape index (κ1) is 45.0. The van der Waals surface area contributed by atoms with E-state index in [4.69, 9.17) is 33.7 Å². The first-order valence-electron chi connectivity index (χ1n) is 21.7. The molecular formula is C43H69N6O7S2+. The normalized spacial score (nSPS) is 22.6. The number of anilines is 1. The first-order valence-corrected chi connectivity index (χ1v) is 24.2. The topological polar surface area (TPSA) is 130 Å². The SMILES string of the molecule is CC[NH+]1CCC(OC)CC1.COC1CCCCC1.COc1ncc(-c2nc(N3CCOCC3)nc3c(CN4CCC(OC)CC4)c(C)sc23)cc1CS(=O)(=O)C1CC1. The molecule has 0 amide bonds. The Morgan fingerprint density at radius 2 is 1.48 bits per heavy atom. The fourth-order valence-electron chi connectivity index (χ4n) is 8.50. The van der Waals surface area contributed by atoms with Gasteiger partial charge in [-0.1, -0.05) is 19.3 Å². The van der Waals surface area contributed by atoms with E-state index in [1.807, 2.05) is 20.3 Å². The molecule has 5 fully saturated rings. The number of methoxy groups -OCH3 is 4. The number of hydrogen-bond acceptors (Lipinski definition) is 13. The summed E-state index contributed by atoms with van der Waals surface area (Å²) in [5.74, 6) is 0.929. The van der Waals surface area contributed by atoms with Crippen LogP contribution in [-0.4, -0.2) is 139 Å². The van der Waals surface area contributed by atoms with Crippen LogP contribution in [0.2, 0.25) is 0 Å². The van der Waals surface area contributed by atoms with Crippen LogP contribution in [0.4, 0.5) is 5.95 Å². The fourth-order valence-corrected chi connectivity index (χ4v) is 11.3. The molecule has 6 heterocycles. The molecule has 3 saturated heterocycles. The molecule has 0 spiro atoms. The number of likely N-dealkylation sites (tertiary alicyclic amines) is 2. The number of aryl methyl sites for hydroxylation is 1. The number of hydrogen-bond donors (Lipinski definition) is 1. The highest BCUT2D eigenvalue weighted by Crippen LogP contribution is 2.40. The van der Waals surface area contributed by atoms with Crippen LogP contribution < -0.4 is 14.5 Å². The van der Waals surface area contributed by atoms with Crippen molar-refractivity contribution in [2.75, 3.05) is 92.4 Å². The second-order valence-electron chi connectivity index (χ2n) is 16.4. The number of sulfone groups is 1. The molecule has 1 N–H and O–H groups in total. The molecule has 13 nitrogen and oxygen atoms in total. The van der Waals surface area contributed by atoms with Gasteiger partial charge in [0.1, 0.15) is 0 Å². The van der Waals surface area contributed by atoms with Crippen LogP contribution in [0.5, 0.6) is 5.88 Å². The van der Waals surface area contributed by atoms with Crippen LogP contribution in [0, 0.1) is 6.92 Å². The molecule has 58 heavy (non-hydrogen) atoms. The van der Waals surface area contributed by atoms with Gasteiger partial charge in [0.25, 0.3) is 0 Å². The van der Waals surface area contributed by atoms with Crippen molar-refractivity contribution in [3.8, 4) is 17.1 Å². The van der Waals surface area contributed by atoms with Crippen molar-refractivity contribution in [3.05, 3.63) is 28.3 Å². The standard InChI is InChI=1S/C28H37N5O5S2.C8H17NO.C7H14O/c1-18-23(16-32-8-6-21(36-2)7-9-32)25-26(39-18)24(30-28(31-25)33-10-12-38-13-11-33)19-14-20(27(37-3)29-15-19)17-40(34,35)22-4-5-22;1-3-9-6-4-8(10-2)5-7-9;1-8-7-5-3-2-4-6-7/h14-15,21-22H,4-13,16-17H2,1-3H3;8H,3-7H2,1-2H3;7H,2-6H2,1H3/p+1. The minimum absolute atomic E-state index is 0.0849. The summed E-state index contributed by atoms with van der Waals surface area (Å²) in [4.78, 5) is 22.3. The minimum Gasteiger partial charge on any atom is -0.481 e. The van der Waals surface area contributed by atoms with Crippen LogP contribution in [0.3, 0.4) is 0 Å². The van der Waals surface area contributed by atoms with E-state index < -0.39 is 9.84 Å². The Hall–Kier alpha value is -2.50. The van der Waals surface area contributed by atoms with E-state index in [2.05, 4.69) is 28.6 Å². The first-order chi connectivity index (χ1) is 28.2. The molecule has 8 rings (SSSR count). The summed E-state index contributed by atoms with van der Waals surface area (Å²) in [6, 6.07) is 1.89. The molecule has 15 heteroatoms. The zero-order valence-corrected chi connectivity index (χ0v) is 37.6. The largest absolute Gasteiger partial charge is 0.481 e. The predicted octanol–water partition coefficient (Wildman–Crippen LogP) is 5.26. The van der Waals surface area contributed by atoms with Crippen molar-refractivity contribution in [1.82, 2.24) is 19.9 Å². The lowest BCUT2D eigenvalue weighted by molar-refractivity contribution is -0.904. The van der Waals surface area contributed by atoms with Gasteiger partial charge in [-0.05, 0) is 58.4 Å². The van der Waals surface area contributed by atoms with Gasteiger partial charge in [0.05, 0.1) is 85.2 Å². The Morgan fingerprint density at radius 1 is 0.845 bits per heavy atom. The number of piperidine rings is 2. The molecule has 324 valence electrons. The van der Waals surface area contributed by atoms with Crippen LogP contribution in [0.15, 0.2) is 12.3 Å². The zero-order chi connectivity index (χ0) is 41.1. The molecule has 0 atom stereocenters. The molecule has 3 aromatic heterocycles. The summed E-state index contributed by atoms with van der Waals surface area (Å²) >= 11 is 1.70. The second kappa shape index (κ2) is 21.8. The number of thiophene rings is 1. The summed E-state index contributed by atoms with van der Waals surface area (Å²) in [6.45, 7) is 13.8. The maximum absolute atomic E-state index is 12.9. The van der Waals surface area contributed by atoms with E-state index in [0.717, 1.165) is 79.9 Å². The van der Waals surface area contributed by atoms with Crippen molar-refractivity contribution in [2.45, 2.75) is 120 Å². The van der Waals surface area contributed by atoms with Crippen molar-refractivity contribution in [1.29, 1.82) is 0 Å². The van der Waals surface area contributed by atoms with Gasteiger partial charge in [0, 0.05) is 94.7 Å². The molecule has 5 aliphatic rings. The summed E-state index contributed by atoms with van der Waals surface area (Å²) in [5.41, 5.74) is 4.32. The van der Waals surface area contributed by atoms with Gasteiger partial charge in [-0.3, -0.25) is 4.90 Å². The number of nitrogens with zero attached hydrogens (tertiary/aromatic N) is 5. The summed E-state index contributed by atoms with van der Waals surface area (Å²) in [6.07, 6.45) is 16.0. The summed E-state index contributed by atoms with van der Waals surface area (Å²) in [5, 5.41) is -0.254. The molecule has 0 radical (unpaired) electrons. The number of nitrogens with one attached hydrogen (secondary N) is 1. The number of morpholine rings is 1. The van der Waals surface area contributed by atoms with Crippen molar-refractivity contribution in [2.24, 2.45) is 0 Å². The maximum Gasteiger partial charge on any atom is 0.226 e. The Bertz CT molecular complexity index is 1820. The zero-order valence-electron chi connectivity index (χ0n) is 35.9. The van der Waals surface area contributed by atoms with Gasteiger partial charge >= 0.3 is 0 Å². The molecule has 3 aromatic rings. The average Bonchev–Trinajstić information content (AvgIpc) is 4.10. The third kappa shape index (κ3) is 12.1. The summed E-state index contributed by atoms with van der Waals surface area (Å²) in [7, 11) is 3.71. The van der Waals surface area contributed by atoms with E-state index in [9.17, 15) is 8.42 Å². The Morgan fingerprint density at radius 3 is 2.07 bits per heavy atom. The van der Waals surface area contributed by atoms with E-state index >= 15 is 0 Å². The Balaban J connectivity index is 0.000000258. The van der Waals surface area contributed by atoms with Crippen molar-refractivity contribution < 1.29 is 37.0 Å². The van der Waals surface area contributed by atoms with Gasteiger partial charge in [0.15, 0.2) is 9.84 Å². The van der Waals surface area contributed by atoms with Gasteiger partial charge in [0.2, 0.25) is 11.8 Å². The van der Waals surface area contributed by atoms with Gasteiger partial charge < -0.3 is 33.5 Å². The van der Waals surface area contributed by atoms with Crippen LogP contribution >= 0.6 is 11.3 Å². The summed E-state index contributed by atoms with van der Waals surface area (Å²) < 4.78 is 53.9. The van der Waals surface area contributed by atoms with E-state index in [1.54, 1.807) is 29.5 Å². The quantitative estimate of drug-likeness (QED) is 0.256. The van der Waals surface area contributed by atoms with Crippen LogP contribution in [-0.2, 0) is 41.1 Å². The molecule has 2 saturated carbocycles. The van der Waals surface area contributed by atoms with Crippen LogP contribution in [0.25, 0.3) is 21.5 Å². The Kier molecular flexibility index (Phi) is 17.0. The van der Waals surface area contributed by atoms with Crippen molar-refractivity contribution in [3.63, 3.8) is 0 Å². The molecule has 0 bridgehead atoms. The number of quaternary nitrogens is 1. The minimum atomic E-state index is -3.25. The molecule has 3 aliphatic heterocycles. The molecule has 0 unspecified atom stereocenters. The third-order valence-electron chi connectivity index (χ3n) is 12.5. The van der Waals surface area contributed by atoms with E-state index in [-0.39, 0.29) is 11.0 Å². The smallest absolute Gasteiger partial charge is 0.226 e. The highest BCUT2D eigenvalue weighted by molar-refractivity contribution is 7.91. The highest BCUT2D eigenvalue weighted by atomic mass is 32.2. The van der Waals surface area contributed by atoms with Gasteiger partial charge in [-0.15, -0.1) is 11.3 Å². The lowest BCUT2D eigenvalue weighted by Gasteiger charge is -2.31. The molecule has 2 aliphatic carbocycles. The lowest BCUT2D eigenvalue weighted by atomic mass is 9.98. The monoisotopic (exact) mass is 845 g/mol. The highest BCUT2D eigenvalue weighted by Gasteiger charge is 2.36. The number of aromatic nitrogens is 3. The molecule has 0 aromatic carbocycles. The van der Waals surface area contributed by atoms with Crippen LogP contribution in [0.1, 0.15) is 93.6 Å². The number of ether oxygens (including phenoxy) is 5. The molecular weight excluding hydrogens is 777 g/mol. The van der Waals surface area contributed by atoms with E-state index in [1.165, 1.54) is 82.1 Å². The lowest BCUT2D eigenvalue weighted by Crippen LogP contribution is -3.12. The second-order valence-corrected chi connectivity index (χ2v) is 19.9. The van der Waals surface area contributed by atoms with Gasteiger partial charge in [-0.25, -0.2) is 23.4 Å². The average molecular weight is 846 g/mol. The number of rotatable bonds is 12. The van der Waals surface area contributed by atoms with Gasteiger partial charge in [-0.2, -0.15) is 0 Å². The fraction of sp³-hybridized carbons (Fsp3) is 0.744. The van der Waals surface area contributed by atoms with E-state index in [0.29, 0.717) is 48.9 Å².